The Balaban J connectivity index is 1.80. The van der Waals surface area contributed by atoms with Gasteiger partial charge in [-0.15, -0.1) is 11.3 Å². The third-order valence-electron chi connectivity index (χ3n) is 1.93. The fourth-order valence-corrected chi connectivity index (χ4v) is 2.48. The summed E-state index contributed by atoms with van der Waals surface area (Å²) >= 11 is 5.13. The van der Waals surface area contributed by atoms with E-state index < -0.39 is 0 Å². The molecule has 0 aliphatic carbocycles. The Morgan fingerprint density at radius 1 is 1.47 bits per heavy atom. The van der Waals surface area contributed by atoms with Crippen LogP contribution >= 0.6 is 27.3 Å². The van der Waals surface area contributed by atoms with Crippen molar-refractivity contribution in [2.45, 2.75) is 20.0 Å². The lowest BCUT2D eigenvalue weighted by Gasteiger charge is -1.98. The zero-order chi connectivity index (χ0) is 10.7. The molecule has 0 radical (unpaired) electrons. The Morgan fingerprint density at radius 2 is 2.33 bits per heavy atom. The van der Waals surface area contributed by atoms with Gasteiger partial charge in [0.2, 0.25) is 0 Å². The molecule has 0 atom stereocenters. The predicted octanol–water partition coefficient (Wildman–Crippen LogP) is 3.10. The van der Waals surface area contributed by atoms with Crippen molar-refractivity contribution in [3.63, 3.8) is 0 Å². The highest BCUT2D eigenvalue weighted by molar-refractivity contribution is 9.11. The average Bonchev–Trinajstić information content (AvgIpc) is 2.76. The van der Waals surface area contributed by atoms with Gasteiger partial charge < -0.3 is 9.84 Å². The molecule has 0 unspecified atom stereocenters. The van der Waals surface area contributed by atoms with Crippen molar-refractivity contribution in [3.8, 4) is 0 Å². The lowest BCUT2D eigenvalue weighted by molar-refractivity contribution is 0.369. The van der Waals surface area contributed by atoms with Gasteiger partial charge in [-0.2, -0.15) is 0 Å². The first-order valence-corrected chi connectivity index (χ1v) is 6.27. The lowest BCUT2D eigenvalue weighted by atomic mass is 10.3. The highest BCUT2D eigenvalue weighted by Crippen LogP contribution is 2.20. The molecule has 0 saturated heterocycles. The summed E-state index contributed by atoms with van der Waals surface area (Å²) in [5.41, 5.74) is 2.20. The van der Waals surface area contributed by atoms with Crippen LogP contribution in [0.5, 0.6) is 0 Å². The second kappa shape index (κ2) is 4.92. The molecule has 0 amide bonds. The monoisotopic (exact) mass is 286 g/mol. The molecule has 5 heteroatoms. The summed E-state index contributed by atoms with van der Waals surface area (Å²) < 4.78 is 6.25. The van der Waals surface area contributed by atoms with E-state index in [4.69, 9.17) is 4.52 Å². The van der Waals surface area contributed by atoms with Gasteiger partial charge in [0.1, 0.15) is 0 Å². The maximum atomic E-state index is 5.09. The third kappa shape index (κ3) is 3.15. The smallest absolute Gasteiger partial charge is 0.150 e. The summed E-state index contributed by atoms with van der Waals surface area (Å²) in [5.74, 6) is 0.877. The number of aromatic nitrogens is 1. The number of halogens is 1. The standard InChI is InChI=1S/C10H11BrN2OS/c1-7-2-9(14-13-7)5-12-4-8-3-10(11)15-6-8/h2-3,6,12H,4-5H2,1H3. The summed E-state index contributed by atoms with van der Waals surface area (Å²) in [6.07, 6.45) is 0. The molecule has 3 nitrogen and oxygen atoms in total. The zero-order valence-corrected chi connectivity index (χ0v) is 10.7. The van der Waals surface area contributed by atoms with E-state index in [9.17, 15) is 0 Å². The molecule has 0 aromatic carbocycles. The van der Waals surface area contributed by atoms with Crippen LogP contribution in [0.1, 0.15) is 17.0 Å². The van der Waals surface area contributed by atoms with Crippen LogP contribution in [0.3, 0.4) is 0 Å². The molecule has 0 bridgehead atoms. The quantitative estimate of drug-likeness (QED) is 0.939. The maximum Gasteiger partial charge on any atom is 0.150 e. The minimum Gasteiger partial charge on any atom is -0.360 e. The summed E-state index contributed by atoms with van der Waals surface area (Å²) in [7, 11) is 0. The van der Waals surface area contributed by atoms with E-state index in [1.54, 1.807) is 11.3 Å². The van der Waals surface area contributed by atoms with E-state index in [1.165, 1.54) is 5.56 Å². The van der Waals surface area contributed by atoms with Gasteiger partial charge in [0, 0.05) is 12.6 Å². The number of nitrogens with zero attached hydrogens (tertiary/aromatic N) is 1. The van der Waals surface area contributed by atoms with Crippen LogP contribution in [-0.4, -0.2) is 5.16 Å². The summed E-state index contributed by atoms with van der Waals surface area (Å²) in [5, 5.41) is 9.25. The van der Waals surface area contributed by atoms with Crippen LogP contribution in [0, 0.1) is 6.92 Å². The van der Waals surface area contributed by atoms with Crippen molar-refractivity contribution in [1.29, 1.82) is 0 Å². The van der Waals surface area contributed by atoms with Crippen LogP contribution < -0.4 is 5.32 Å². The summed E-state index contributed by atoms with van der Waals surface area (Å²) in [4.78, 5) is 0. The minimum absolute atomic E-state index is 0.717. The topological polar surface area (TPSA) is 38.1 Å². The molecule has 2 aromatic rings. The fraction of sp³-hybridized carbons (Fsp3) is 0.300. The van der Waals surface area contributed by atoms with Crippen LogP contribution in [0.4, 0.5) is 0 Å². The van der Waals surface area contributed by atoms with E-state index in [2.05, 4.69) is 37.8 Å². The highest BCUT2D eigenvalue weighted by atomic mass is 79.9. The van der Waals surface area contributed by atoms with Crippen molar-refractivity contribution < 1.29 is 4.52 Å². The number of hydrogen-bond donors (Lipinski definition) is 1. The lowest BCUT2D eigenvalue weighted by Crippen LogP contribution is -2.11. The van der Waals surface area contributed by atoms with E-state index in [1.807, 2.05) is 13.0 Å². The maximum absolute atomic E-state index is 5.09. The molecule has 0 spiro atoms. The Bertz CT molecular complexity index is 398. The molecule has 1 N–H and O–H groups in total. The highest BCUT2D eigenvalue weighted by Gasteiger charge is 2.01. The van der Waals surface area contributed by atoms with Gasteiger partial charge in [0.05, 0.1) is 16.0 Å². The van der Waals surface area contributed by atoms with Gasteiger partial charge in [-0.25, -0.2) is 0 Å². The Hall–Kier alpha value is -0.650. The Labute approximate surface area is 101 Å². The molecule has 15 heavy (non-hydrogen) atoms. The Morgan fingerprint density at radius 3 is 2.93 bits per heavy atom. The largest absolute Gasteiger partial charge is 0.360 e. The van der Waals surface area contributed by atoms with Crippen LogP contribution in [0.15, 0.2) is 25.8 Å². The van der Waals surface area contributed by atoms with Crippen LogP contribution in [0.2, 0.25) is 0 Å². The molecule has 80 valence electrons. The minimum atomic E-state index is 0.717. The number of rotatable bonds is 4. The third-order valence-corrected chi connectivity index (χ3v) is 3.48. The molecule has 0 fully saturated rings. The van der Waals surface area contributed by atoms with Gasteiger partial charge in [0.25, 0.3) is 0 Å². The van der Waals surface area contributed by atoms with Crippen LogP contribution in [0.25, 0.3) is 0 Å². The first-order valence-electron chi connectivity index (χ1n) is 4.60. The van der Waals surface area contributed by atoms with E-state index in [0.29, 0.717) is 6.54 Å². The number of thiophene rings is 1. The summed E-state index contributed by atoms with van der Waals surface area (Å²) in [6, 6.07) is 4.06. The van der Waals surface area contributed by atoms with Gasteiger partial charge in [-0.3, -0.25) is 0 Å². The average molecular weight is 287 g/mol. The zero-order valence-electron chi connectivity index (χ0n) is 8.29. The fourth-order valence-electron chi connectivity index (χ4n) is 1.27. The van der Waals surface area contributed by atoms with Gasteiger partial charge in [-0.1, -0.05) is 5.16 Å². The number of nitrogens with one attached hydrogen (secondary N) is 1. The number of aryl methyl sites for hydroxylation is 1. The first-order chi connectivity index (χ1) is 7.24. The molecule has 0 saturated carbocycles. The SMILES string of the molecule is Cc1cc(CNCc2csc(Br)c2)on1. The molecule has 2 rings (SSSR count). The van der Waals surface area contributed by atoms with Crippen molar-refractivity contribution in [1.82, 2.24) is 10.5 Å². The number of hydrogen-bond acceptors (Lipinski definition) is 4. The first kappa shape index (κ1) is 10.9. The van der Waals surface area contributed by atoms with E-state index in [0.717, 1.165) is 21.8 Å². The molecule has 2 aromatic heterocycles. The molecule has 2 heterocycles. The van der Waals surface area contributed by atoms with Crippen molar-refractivity contribution in [3.05, 3.63) is 38.3 Å². The van der Waals surface area contributed by atoms with Crippen LogP contribution in [-0.2, 0) is 13.1 Å². The predicted molar refractivity (Wildman–Crippen MR) is 63.8 cm³/mol. The normalized spacial score (nSPS) is 10.8. The van der Waals surface area contributed by atoms with Crippen molar-refractivity contribution >= 4 is 27.3 Å². The van der Waals surface area contributed by atoms with Gasteiger partial charge in [0.15, 0.2) is 5.76 Å². The van der Waals surface area contributed by atoms with Crippen molar-refractivity contribution in [2.24, 2.45) is 0 Å². The summed E-state index contributed by atoms with van der Waals surface area (Å²) in [6.45, 7) is 3.49. The molecular formula is C10H11BrN2OS. The van der Waals surface area contributed by atoms with Crippen molar-refractivity contribution in [2.75, 3.05) is 0 Å². The second-order valence-corrected chi connectivity index (χ2v) is 5.59. The molecule has 0 aliphatic rings. The molecular weight excluding hydrogens is 276 g/mol. The molecule has 0 aliphatic heterocycles. The van der Waals surface area contributed by atoms with E-state index in [-0.39, 0.29) is 0 Å². The Kier molecular flexibility index (Phi) is 3.56. The van der Waals surface area contributed by atoms with Gasteiger partial charge in [-0.05, 0) is 39.9 Å². The van der Waals surface area contributed by atoms with Gasteiger partial charge >= 0.3 is 0 Å². The second-order valence-electron chi connectivity index (χ2n) is 3.30. The van der Waals surface area contributed by atoms with E-state index >= 15 is 0 Å².